The van der Waals surface area contributed by atoms with E-state index in [0.717, 1.165) is 16.8 Å². The van der Waals surface area contributed by atoms with Gasteiger partial charge in [-0.05, 0) is 45.4 Å². The quantitative estimate of drug-likeness (QED) is 0.517. The molecule has 1 amide bonds. The van der Waals surface area contributed by atoms with Gasteiger partial charge in [0.1, 0.15) is 0 Å². The SMILES string of the molecule is Cc1cc(C)c(CNC(=O)c2cc(-c3cnn(C)c3)nc3c2cnn3C(C)C)c(=O)[nH]1. The lowest BCUT2D eigenvalue weighted by Gasteiger charge is -2.11. The number of aromatic nitrogens is 6. The maximum Gasteiger partial charge on any atom is 0.253 e. The Hall–Kier alpha value is -3.75. The topological polar surface area (TPSA) is 110 Å². The molecule has 0 aliphatic carbocycles. The summed E-state index contributed by atoms with van der Waals surface area (Å²) in [6.07, 6.45) is 5.22. The predicted molar refractivity (Wildman–Crippen MR) is 118 cm³/mol. The molecule has 0 atom stereocenters. The van der Waals surface area contributed by atoms with Crippen LogP contribution in [0.3, 0.4) is 0 Å². The van der Waals surface area contributed by atoms with E-state index >= 15 is 0 Å². The zero-order valence-electron chi connectivity index (χ0n) is 18.2. The third-order valence-corrected chi connectivity index (χ3v) is 5.22. The molecule has 4 aromatic rings. The van der Waals surface area contributed by atoms with E-state index in [1.165, 1.54) is 0 Å². The van der Waals surface area contributed by atoms with E-state index in [9.17, 15) is 9.59 Å². The highest BCUT2D eigenvalue weighted by molar-refractivity contribution is 6.06. The second-order valence-corrected chi connectivity index (χ2v) is 8.00. The van der Waals surface area contributed by atoms with Crippen molar-refractivity contribution in [3.8, 4) is 11.3 Å². The van der Waals surface area contributed by atoms with Crippen LogP contribution in [0.15, 0.2) is 35.5 Å². The van der Waals surface area contributed by atoms with Gasteiger partial charge in [-0.25, -0.2) is 9.67 Å². The zero-order chi connectivity index (χ0) is 22.3. The number of aryl methyl sites for hydroxylation is 3. The summed E-state index contributed by atoms with van der Waals surface area (Å²) in [4.78, 5) is 33.0. The minimum atomic E-state index is -0.291. The maximum atomic E-state index is 13.2. The molecule has 2 N–H and O–H groups in total. The number of nitrogens with zero attached hydrogens (tertiary/aromatic N) is 5. The highest BCUT2D eigenvalue weighted by Crippen LogP contribution is 2.26. The van der Waals surface area contributed by atoms with E-state index in [4.69, 9.17) is 4.98 Å². The molecule has 4 heterocycles. The largest absolute Gasteiger partial charge is 0.348 e. The van der Waals surface area contributed by atoms with Crippen LogP contribution in [0, 0.1) is 13.8 Å². The molecule has 4 rings (SSSR count). The van der Waals surface area contributed by atoms with Gasteiger partial charge in [0.05, 0.1) is 29.0 Å². The number of hydrogen-bond acceptors (Lipinski definition) is 5. The summed E-state index contributed by atoms with van der Waals surface area (Å²) in [5.41, 5.74) is 4.50. The van der Waals surface area contributed by atoms with E-state index in [0.29, 0.717) is 27.9 Å². The molecule has 0 bridgehead atoms. The Morgan fingerprint density at radius 1 is 1.19 bits per heavy atom. The first kappa shape index (κ1) is 20.5. The highest BCUT2D eigenvalue weighted by Gasteiger charge is 2.19. The first-order valence-electron chi connectivity index (χ1n) is 10.1. The van der Waals surface area contributed by atoms with Crippen molar-refractivity contribution in [1.29, 1.82) is 0 Å². The Bertz CT molecular complexity index is 1340. The van der Waals surface area contributed by atoms with E-state index in [1.807, 2.05) is 47.0 Å². The van der Waals surface area contributed by atoms with Crippen LogP contribution >= 0.6 is 0 Å². The van der Waals surface area contributed by atoms with Crippen LogP contribution < -0.4 is 10.9 Å². The molecule has 0 aliphatic heterocycles. The molecule has 0 radical (unpaired) electrons. The predicted octanol–water partition coefficient (Wildman–Crippen LogP) is 2.65. The van der Waals surface area contributed by atoms with Gasteiger partial charge in [0, 0.05) is 42.7 Å². The number of carbonyl (C=O) groups excluding carboxylic acids is 1. The monoisotopic (exact) mass is 419 g/mol. The van der Waals surface area contributed by atoms with E-state index < -0.39 is 0 Å². The first-order valence-corrected chi connectivity index (χ1v) is 10.1. The van der Waals surface area contributed by atoms with Crippen molar-refractivity contribution in [2.24, 2.45) is 7.05 Å². The van der Waals surface area contributed by atoms with Gasteiger partial charge in [-0.1, -0.05) is 0 Å². The van der Waals surface area contributed by atoms with Crippen molar-refractivity contribution in [2.45, 2.75) is 40.3 Å². The van der Waals surface area contributed by atoms with Crippen LogP contribution in [0.25, 0.3) is 22.3 Å². The molecule has 31 heavy (non-hydrogen) atoms. The Morgan fingerprint density at radius 2 is 1.97 bits per heavy atom. The molecular formula is C22H25N7O2. The summed E-state index contributed by atoms with van der Waals surface area (Å²) in [7, 11) is 1.83. The van der Waals surface area contributed by atoms with Crippen LogP contribution in [0.4, 0.5) is 0 Å². The van der Waals surface area contributed by atoms with Gasteiger partial charge in [0.25, 0.3) is 11.5 Å². The molecule has 0 saturated heterocycles. The van der Waals surface area contributed by atoms with Gasteiger partial charge in [0.15, 0.2) is 5.65 Å². The van der Waals surface area contributed by atoms with Crippen molar-refractivity contribution < 1.29 is 4.79 Å². The van der Waals surface area contributed by atoms with Gasteiger partial charge in [-0.2, -0.15) is 10.2 Å². The second-order valence-electron chi connectivity index (χ2n) is 8.00. The standard InChI is InChI=1S/C22H25N7O2/c1-12(2)29-20-18(10-25-29)16(7-19(27-20)15-8-24-28(5)11-15)21(30)23-9-17-13(3)6-14(4)26-22(17)31/h6-8,10-12H,9H2,1-5H3,(H,23,30)(H,26,31). The number of nitrogens with one attached hydrogen (secondary N) is 2. The molecule has 160 valence electrons. The number of rotatable bonds is 5. The summed E-state index contributed by atoms with van der Waals surface area (Å²) in [6, 6.07) is 3.72. The van der Waals surface area contributed by atoms with Crippen molar-refractivity contribution in [2.75, 3.05) is 0 Å². The number of carbonyl (C=O) groups is 1. The summed E-state index contributed by atoms with van der Waals surface area (Å²) >= 11 is 0. The average Bonchev–Trinajstić information content (AvgIpc) is 3.32. The molecule has 0 spiro atoms. The third kappa shape index (κ3) is 3.86. The van der Waals surface area contributed by atoms with Crippen LogP contribution in [0.5, 0.6) is 0 Å². The summed E-state index contributed by atoms with van der Waals surface area (Å²) in [5.74, 6) is -0.291. The second kappa shape index (κ2) is 7.82. The lowest BCUT2D eigenvalue weighted by atomic mass is 10.1. The average molecular weight is 419 g/mol. The first-order chi connectivity index (χ1) is 14.7. The molecule has 0 aliphatic rings. The summed E-state index contributed by atoms with van der Waals surface area (Å²) in [6.45, 7) is 7.84. The minimum absolute atomic E-state index is 0.0822. The van der Waals surface area contributed by atoms with Gasteiger partial charge >= 0.3 is 0 Å². The Kier molecular flexibility index (Phi) is 5.18. The fourth-order valence-corrected chi connectivity index (χ4v) is 3.65. The van der Waals surface area contributed by atoms with Crippen molar-refractivity contribution in [3.05, 3.63) is 63.5 Å². The van der Waals surface area contributed by atoms with E-state index in [1.54, 1.807) is 27.8 Å². The normalized spacial score (nSPS) is 11.4. The number of hydrogen-bond donors (Lipinski definition) is 2. The van der Waals surface area contributed by atoms with Crippen molar-refractivity contribution in [3.63, 3.8) is 0 Å². The number of fused-ring (bicyclic) bond motifs is 1. The smallest absolute Gasteiger partial charge is 0.253 e. The zero-order valence-corrected chi connectivity index (χ0v) is 18.2. The van der Waals surface area contributed by atoms with Crippen LogP contribution in [0.2, 0.25) is 0 Å². The molecule has 9 nitrogen and oxygen atoms in total. The number of pyridine rings is 2. The van der Waals surface area contributed by atoms with Crippen LogP contribution in [-0.4, -0.2) is 35.4 Å². The molecular weight excluding hydrogens is 394 g/mol. The molecule has 0 aromatic carbocycles. The Balaban J connectivity index is 1.75. The number of H-pyrrole nitrogens is 1. The minimum Gasteiger partial charge on any atom is -0.348 e. The van der Waals surface area contributed by atoms with Crippen LogP contribution in [0.1, 0.15) is 47.1 Å². The fraction of sp³-hybridized carbons (Fsp3) is 0.318. The maximum absolute atomic E-state index is 13.2. The lowest BCUT2D eigenvalue weighted by molar-refractivity contribution is 0.0952. The molecule has 9 heteroatoms. The summed E-state index contributed by atoms with van der Waals surface area (Å²) in [5, 5.41) is 12.2. The van der Waals surface area contributed by atoms with E-state index in [-0.39, 0.29) is 24.1 Å². The third-order valence-electron chi connectivity index (χ3n) is 5.22. The highest BCUT2D eigenvalue weighted by atomic mass is 16.1. The van der Waals surface area contributed by atoms with E-state index in [2.05, 4.69) is 20.5 Å². The number of amides is 1. The van der Waals surface area contributed by atoms with Crippen molar-refractivity contribution >= 4 is 16.9 Å². The summed E-state index contributed by atoms with van der Waals surface area (Å²) < 4.78 is 3.48. The fourth-order valence-electron chi connectivity index (χ4n) is 3.65. The van der Waals surface area contributed by atoms with Crippen LogP contribution in [-0.2, 0) is 13.6 Å². The molecule has 0 fully saturated rings. The molecule has 0 saturated carbocycles. The Labute approximate surface area is 179 Å². The lowest BCUT2D eigenvalue weighted by Crippen LogP contribution is -2.28. The van der Waals surface area contributed by atoms with Gasteiger partial charge in [-0.3, -0.25) is 14.3 Å². The molecule has 0 unspecified atom stereocenters. The van der Waals surface area contributed by atoms with Gasteiger partial charge < -0.3 is 10.3 Å². The Morgan fingerprint density at radius 3 is 2.61 bits per heavy atom. The van der Waals surface area contributed by atoms with Gasteiger partial charge in [-0.15, -0.1) is 0 Å². The molecule has 4 aromatic heterocycles. The van der Waals surface area contributed by atoms with Crippen molar-refractivity contribution in [1.82, 2.24) is 34.8 Å². The van der Waals surface area contributed by atoms with Gasteiger partial charge in [0.2, 0.25) is 0 Å². The number of aromatic amines is 1.